The molecule has 2 rings (SSSR count). The number of carbonyl (C=O) groups excluding carboxylic acids is 1. The minimum Gasteiger partial charge on any atom is -0.368 e. The van der Waals surface area contributed by atoms with E-state index in [2.05, 4.69) is 21.9 Å². The Morgan fingerprint density at radius 1 is 1.25 bits per heavy atom. The van der Waals surface area contributed by atoms with Crippen LogP contribution in [0, 0.1) is 5.92 Å². The average molecular weight is 296 g/mol. The molecule has 1 fully saturated rings. The fourth-order valence-corrected chi connectivity index (χ4v) is 2.99. The van der Waals surface area contributed by atoms with Gasteiger partial charge in [0, 0.05) is 13.1 Å². The lowest BCUT2D eigenvalue weighted by Gasteiger charge is -2.31. The van der Waals surface area contributed by atoms with E-state index in [1.807, 2.05) is 11.8 Å². The van der Waals surface area contributed by atoms with E-state index in [9.17, 15) is 4.79 Å². The lowest BCUT2D eigenvalue weighted by Crippen LogP contribution is -2.41. The minimum absolute atomic E-state index is 0.0754. The monoisotopic (exact) mass is 296 g/mol. The lowest BCUT2D eigenvalue weighted by molar-refractivity contribution is -0.131. The van der Waals surface area contributed by atoms with Gasteiger partial charge in [-0.1, -0.05) is 18.7 Å². The third-order valence-corrected chi connectivity index (χ3v) is 4.32. The van der Waals surface area contributed by atoms with Crippen LogP contribution in [0.2, 0.25) is 0 Å². The van der Waals surface area contributed by atoms with Gasteiger partial charge in [-0.25, -0.2) is 0 Å². The first-order chi connectivity index (χ1) is 9.45. The van der Waals surface area contributed by atoms with Crippen molar-refractivity contribution in [1.82, 2.24) is 19.9 Å². The maximum Gasteiger partial charge on any atom is 0.235 e. The molecular formula is C12H20N6OS. The molecule has 2 heterocycles. The molecule has 1 aliphatic rings. The Labute approximate surface area is 122 Å². The minimum atomic E-state index is -0.260. The second-order valence-electron chi connectivity index (χ2n) is 5.10. The van der Waals surface area contributed by atoms with Gasteiger partial charge in [0.1, 0.15) is 0 Å². The van der Waals surface area contributed by atoms with Gasteiger partial charge in [0.2, 0.25) is 17.8 Å². The topological polar surface area (TPSA) is 111 Å². The van der Waals surface area contributed by atoms with Gasteiger partial charge >= 0.3 is 0 Å². The first-order valence-electron chi connectivity index (χ1n) is 6.68. The number of nitrogens with two attached hydrogens (primary N) is 2. The average Bonchev–Trinajstić information content (AvgIpc) is 2.37. The van der Waals surface area contributed by atoms with Crippen molar-refractivity contribution in [2.45, 2.75) is 37.1 Å². The summed E-state index contributed by atoms with van der Waals surface area (Å²) < 4.78 is 0. The Morgan fingerprint density at radius 3 is 2.35 bits per heavy atom. The summed E-state index contributed by atoms with van der Waals surface area (Å²) in [6, 6.07) is 0. The van der Waals surface area contributed by atoms with E-state index < -0.39 is 0 Å². The SMILES string of the molecule is CC1CCN(C(=O)C(C)Sc2nc(N)nc(N)n2)CC1. The van der Waals surface area contributed by atoms with Crippen LogP contribution in [-0.4, -0.2) is 44.1 Å². The Kier molecular flexibility index (Phi) is 4.64. The van der Waals surface area contributed by atoms with Crippen LogP contribution in [-0.2, 0) is 4.79 Å². The molecule has 0 saturated carbocycles. The molecular weight excluding hydrogens is 276 g/mol. The van der Waals surface area contributed by atoms with E-state index in [0.717, 1.165) is 25.9 Å². The van der Waals surface area contributed by atoms with E-state index in [0.29, 0.717) is 11.1 Å². The normalized spacial score (nSPS) is 18.0. The Bertz CT molecular complexity index is 469. The van der Waals surface area contributed by atoms with Crippen molar-refractivity contribution in [2.75, 3.05) is 24.6 Å². The molecule has 0 radical (unpaired) electrons. The van der Waals surface area contributed by atoms with Crippen molar-refractivity contribution in [3.8, 4) is 0 Å². The Balaban J connectivity index is 1.97. The van der Waals surface area contributed by atoms with Crippen LogP contribution in [0.4, 0.5) is 11.9 Å². The van der Waals surface area contributed by atoms with E-state index in [4.69, 9.17) is 11.5 Å². The smallest absolute Gasteiger partial charge is 0.235 e. The predicted octanol–water partition coefficient (Wildman–Crippen LogP) is 0.775. The quantitative estimate of drug-likeness (QED) is 0.792. The van der Waals surface area contributed by atoms with Crippen molar-refractivity contribution >= 4 is 29.6 Å². The molecule has 1 aromatic rings. The number of nitrogens with zero attached hydrogens (tertiary/aromatic N) is 4. The van der Waals surface area contributed by atoms with Crippen LogP contribution in [0.25, 0.3) is 0 Å². The van der Waals surface area contributed by atoms with Crippen molar-refractivity contribution in [3.63, 3.8) is 0 Å². The third-order valence-electron chi connectivity index (χ3n) is 3.37. The summed E-state index contributed by atoms with van der Waals surface area (Å²) in [6.07, 6.45) is 2.13. The summed E-state index contributed by atoms with van der Waals surface area (Å²) in [5, 5.41) is 0.130. The van der Waals surface area contributed by atoms with Gasteiger partial charge in [-0.05, 0) is 25.7 Å². The summed E-state index contributed by atoms with van der Waals surface area (Å²) >= 11 is 1.26. The number of hydrogen-bond donors (Lipinski definition) is 2. The third kappa shape index (κ3) is 3.72. The number of piperidine rings is 1. The number of amides is 1. The first kappa shape index (κ1) is 14.8. The molecule has 0 aliphatic carbocycles. The molecule has 1 aliphatic heterocycles. The van der Waals surface area contributed by atoms with Crippen molar-refractivity contribution < 1.29 is 4.79 Å². The van der Waals surface area contributed by atoms with E-state index in [1.54, 1.807) is 0 Å². The van der Waals surface area contributed by atoms with Crippen LogP contribution in [0.5, 0.6) is 0 Å². The number of hydrogen-bond acceptors (Lipinski definition) is 7. The van der Waals surface area contributed by atoms with Crippen LogP contribution in [0.15, 0.2) is 5.16 Å². The molecule has 4 N–H and O–H groups in total. The molecule has 1 aromatic heterocycles. The van der Waals surface area contributed by atoms with E-state index in [1.165, 1.54) is 11.8 Å². The van der Waals surface area contributed by atoms with Crippen LogP contribution >= 0.6 is 11.8 Å². The van der Waals surface area contributed by atoms with Crippen LogP contribution in [0.1, 0.15) is 26.7 Å². The highest BCUT2D eigenvalue weighted by atomic mass is 32.2. The number of nitrogen functional groups attached to an aromatic ring is 2. The van der Waals surface area contributed by atoms with Gasteiger partial charge in [-0.2, -0.15) is 15.0 Å². The maximum absolute atomic E-state index is 12.4. The van der Waals surface area contributed by atoms with Crippen molar-refractivity contribution in [1.29, 1.82) is 0 Å². The fourth-order valence-electron chi connectivity index (χ4n) is 2.14. The number of carbonyl (C=O) groups is 1. The second-order valence-corrected chi connectivity index (χ2v) is 6.41. The largest absolute Gasteiger partial charge is 0.368 e. The highest BCUT2D eigenvalue weighted by Crippen LogP contribution is 2.24. The van der Waals surface area contributed by atoms with Gasteiger partial charge in [0.25, 0.3) is 0 Å². The molecule has 8 heteroatoms. The number of likely N-dealkylation sites (tertiary alicyclic amines) is 1. The standard InChI is InChI=1S/C12H20N6OS/c1-7-3-5-18(6-4-7)9(19)8(2)20-12-16-10(13)15-11(14)17-12/h7-8H,3-6H2,1-2H3,(H4,13,14,15,16,17). The summed E-state index contributed by atoms with van der Waals surface area (Å²) in [5.74, 6) is 0.961. The fraction of sp³-hybridized carbons (Fsp3) is 0.667. The highest BCUT2D eigenvalue weighted by molar-refractivity contribution is 8.00. The second kappa shape index (κ2) is 6.25. The zero-order chi connectivity index (χ0) is 14.7. The number of thioether (sulfide) groups is 1. The number of anilines is 2. The van der Waals surface area contributed by atoms with Gasteiger partial charge in [0.15, 0.2) is 5.16 Å². The Hall–Kier alpha value is -1.57. The lowest BCUT2D eigenvalue weighted by atomic mass is 9.99. The van der Waals surface area contributed by atoms with Gasteiger partial charge in [-0.15, -0.1) is 0 Å². The highest BCUT2D eigenvalue weighted by Gasteiger charge is 2.25. The van der Waals surface area contributed by atoms with Crippen LogP contribution < -0.4 is 11.5 Å². The van der Waals surface area contributed by atoms with Gasteiger partial charge in [0.05, 0.1) is 5.25 Å². The van der Waals surface area contributed by atoms with Gasteiger partial charge in [-0.3, -0.25) is 4.79 Å². The molecule has 1 amide bonds. The van der Waals surface area contributed by atoms with Crippen LogP contribution in [0.3, 0.4) is 0 Å². The maximum atomic E-state index is 12.4. The molecule has 1 saturated heterocycles. The summed E-state index contributed by atoms with van der Waals surface area (Å²) in [4.78, 5) is 25.9. The van der Waals surface area contributed by atoms with Gasteiger partial charge < -0.3 is 16.4 Å². The predicted molar refractivity (Wildman–Crippen MR) is 78.9 cm³/mol. The number of rotatable bonds is 3. The zero-order valence-corrected chi connectivity index (χ0v) is 12.6. The summed E-state index contributed by atoms with van der Waals surface area (Å²) in [5.41, 5.74) is 11.0. The number of aromatic nitrogens is 3. The molecule has 1 atom stereocenters. The molecule has 0 bridgehead atoms. The molecule has 0 spiro atoms. The molecule has 0 aromatic carbocycles. The molecule has 20 heavy (non-hydrogen) atoms. The van der Waals surface area contributed by atoms with E-state index >= 15 is 0 Å². The molecule has 1 unspecified atom stereocenters. The molecule has 7 nitrogen and oxygen atoms in total. The van der Waals surface area contributed by atoms with E-state index in [-0.39, 0.29) is 23.1 Å². The summed E-state index contributed by atoms with van der Waals surface area (Å²) in [7, 11) is 0. The van der Waals surface area contributed by atoms with Crippen molar-refractivity contribution in [3.05, 3.63) is 0 Å². The molecule has 110 valence electrons. The van der Waals surface area contributed by atoms with Crippen molar-refractivity contribution in [2.24, 2.45) is 5.92 Å². The first-order valence-corrected chi connectivity index (χ1v) is 7.56. The summed E-state index contributed by atoms with van der Waals surface area (Å²) in [6.45, 7) is 5.72. The Morgan fingerprint density at radius 2 is 1.80 bits per heavy atom. The zero-order valence-electron chi connectivity index (χ0n) is 11.7.